The molecule has 22 heteroatoms. The van der Waals surface area contributed by atoms with Gasteiger partial charge in [0.25, 0.3) is 0 Å². The van der Waals surface area contributed by atoms with Gasteiger partial charge in [-0.2, -0.15) is 9.90 Å². The van der Waals surface area contributed by atoms with Crippen molar-refractivity contribution >= 4 is 37.8 Å². The molecular weight excluding hydrogens is 1690 g/mol. The second-order valence-corrected chi connectivity index (χ2v) is 50.6. The zero-order valence-electron chi connectivity index (χ0n) is 83.6. The summed E-state index contributed by atoms with van der Waals surface area (Å²) < 4.78 is 36.6. The van der Waals surface area contributed by atoms with Crippen LogP contribution in [-0.4, -0.2) is 155 Å². The van der Waals surface area contributed by atoms with Crippen LogP contribution in [0.4, 0.5) is 0 Å². The fourth-order valence-electron chi connectivity index (χ4n) is 38.6. The number of ketones is 2. The second kappa shape index (κ2) is 44.7. The summed E-state index contributed by atoms with van der Waals surface area (Å²) in [5.41, 5.74) is -0.00842. The monoisotopic (exact) mass is 1880 g/mol. The Kier molecular flexibility index (Phi) is 39.5. The predicted molar refractivity (Wildman–Crippen MR) is 518 cm³/mol. The van der Waals surface area contributed by atoms with Crippen molar-refractivity contribution < 1.29 is 117 Å². The molecule has 16 aliphatic carbocycles. The van der Waals surface area contributed by atoms with Gasteiger partial charge in [0.1, 0.15) is 11.6 Å². The molecular formula is C108H195NNaO18PS. The number of rotatable bonds is 22. The Morgan fingerprint density at radius 2 is 0.715 bits per heavy atom. The maximum absolute atomic E-state index is 13.9. The minimum Gasteiger partial charge on any atom is -0.726 e. The number of aliphatic hydroxyl groups excluding tert-OH is 10. The summed E-state index contributed by atoms with van der Waals surface area (Å²) in [4.78, 5) is 38.8. The molecule has 752 valence electrons. The molecule has 16 fully saturated rings. The SMILES string of the molecule is C.C.CC[C@H]1[C@@H](O)C2C3CC[C@H]([C@H](C)CCC(=O)O)[C@@]3(C)CC(=O)C2[C@@]2(C)CC[C@@H](O)C[C@@H]12.CC[C@H]1[C@@H](O)C2C3CC[C@H]([C@H](C)CCCO)[C@@]3(C)CC(=O)C2[C@@]2(C)CC[C@@H](C)C[C@@H]12.CC[C@H]1[C@@H](O)C2C3CC[C@H]([C@H](C)CCCO)[C@@]3(C)C[C@H](O)C2[C@@]2(C)CC[C@@H](C)C[C@@H]12.CC[C@H]1[C@@H](O)C2C3CC[C@H]([C@H](C)CCCOS(=O)(=O)[O-])[C@@]3(C)C[C@H](O)C2[C@@]2(C)CC[C@@H](O)C[C@@H]12.N.P.[Na+]. The van der Waals surface area contributed by atoms with Crippen LogP contribution in [0.5, 0.6) is 0 Å². The van der Waals surface area contributed by atoms with E-state index in [1.807, 2.05) is 0 Å². The average molecular weight is 1880 g/mol. The second-order valence-electron chi connectivity index (χ2n) is 49.6. The van der Waals surface area contributed by atoms with Crippen LogP contribution in [0.2, 0.25) is 0 Å². The molecule has 0 aromatic carbocycles. The number of hydrogen-bond acceptors (Lipinski definition) is 18. The zero-order valence-corrected chi connectivity index (χ0v) is 87.8. The van der Waals surface area contributed by atoms with Gasteiger partial charge >= 0.3 is 35.5 Å². The van der Waals surface area contributed by atoms with Gasteiger partial charge in [-0.25, -0.2) is 8.42 Å². The summed E-state index contributed by atoms with van der Waals surface area (Å²) in [5.74, 6) is 10.0. The Labute approximate surface area is 815 Å². The standard InChI is InChI=1S/C27H48O3.C27H46O3.C26H46O7S.C26H42O5.2CH4.H3N.Na.H3P/c2*1-6-18-21-14-16(2)11-12-26(21,4)24-22(29)15-27(5)19(17(3)8-7-13-28)9-10-20(27)23(24)25(18)30;1-5-17-20-13-16(27)10-11-25(20,3)23-21(28)14-26(4)18(8-9-19(26)22(23)24(17)29)15(2)7-6-12-33-34(30,31)32;1-5-16-19-12-15(27)10-11-25(19,3)23-20(28)13-26(4)17(14(2)6-9-21(29)30)7-8-18(26)22(23)24(16)31;;;;;/h16-25,28-30H,6-15H2,1-5H3;16-21,23-25,28,30H,6-15H2,1-5H3;15-24,27-29H,5-14H2,1-4H3,(H,30,31,32);14-19,22-24,27,31H,5-13H2,1-4H3,(H,29,30);2*1H4;1H3;;1H3/q;;;;;;;+1;/p-1/t16-,17-,18-,19-,20?,21+,22+,23?,24?,25-,26+,27-;16-,17-,18-,19-,20?,21+,23?,24?,25-,26+,27-;15-,16-,17-,18-,19?,20+,21+,22?,23?,24-,25+,26-;14-,15-,16-,17-,18?,19+,22?,23?,24-,25+,26-;;;;;/m1111...../s1. The molecule has 0 saturated heterocycles. The first-order chi connectivity index (χ1) is 58.7. The third kappa shape index (κ3) is 20.4. The van der Waals surface area contributed by atoms with E-state index >= 15 is 0 Å². The van der Waals surface area contributed by atoms with E-state index in [0.717, 1.165) is 141 Å². The summed E-state index contributed by atoms with van der Waals surface area (Å²) in [7, 11) is -4.65. The Bertz CT molecular complexity index is 3770. The number of carbonyl (C=O) groups excluding carboxylic acids is 2. The molecule has 0 aromatic rings. The fraction of sp³-hybridized carbons (Fsp3) is 0.972. The Morgan fingerprint density at radius 1 is 0.423 bits per heavy atom. The number of carboxylic acid groups (broad SMARTS) is 1. The van der Waals surface area contributed by atoms with Crippen molar-refractivity contribution in [2.24, 2.45) is 221 Å². The quantitative estimate of drug-likeness (QED) is 0.0157. The zero-order chi connectivity index (χ0) is 91.5. The molecule has 0 radical (unpaired) electrons. The molecule has 0 spiro atoms. The van der Waals surface area contributed by atoms with Crippen molar-refractivity contribution in [1.82, 2.24) is 6.15 Å². The molecule has 0 bridgehead atoms. The van der Waals surface area contributed by atoms with Crippen molar-refractivity contribution in [1.29, 1.82) is 0 Å². The third-order valence-electron chi connectivity index (χ3n) is 43.9. The molecule has 13 unspecified atom stereocenters. The molecule has 0 aromatic heterocycles. The summed E-state index contributed by atoms with van der Waals surface area (Å²) in [5, 5.41) is 119. The van der Waals surface area contributed by atoms with Crippen molar-refractivity contribution in [3.05, 3.63) is 0 Å². The topological polar surface area (TPSA) is 375 Å². The van der Waals surface area contributed by atoms with Crippen LogP contribution in [-0.2, 0) is 29.0 Å². The number of fused-ring (bicyclic) bond motifs is 20. The van der Waals surface area contributed by atoms with E-state index in [1.54, 1.807) is 0 Å². The minimum atomic E-state index is -4.65. The molecule has 19 nitrogen and oxygen atoms in total. The van der Waals surface area contributed by atoms with Crippen molar-refractivity contribution in [3.8, 4) is 0 Å². The average Bonchev–Trinajstić information content (AvgIpc) is 1.62. The van der Waals surface area contributed by atoms with Crippen LogP contribution in [0.1, 0.15) is 371 Å². The predicted octanol–water partition coefficient (Wildman–Crippen LogP) is 17.0. The minimum absolute atomic E-state index is 0. The Hall–Kier alpha value is -0.330. The normalized spacial score (nSPS) is 49.5. The van der Waals surface area contributed by atoms with E-state index in [2.05, 4.69) is 129 Å². The van der Waals surface area contributed by atoms with E-state index in [0.29, 0.717) is 138 Å². The Balaban J connectivity index is 0.000000211. The molecule has 0 heterocycles. The van der Waals surface area contributed by atoms with Crippen LogP contribution in [0.15, 0.2) is 0 Å². The van der Waals surface area contributed by atoms with Crippen LogP contribution in [0.3, 0.4) is 0 Å². The molecule has 16 saturated carbocycles. The van der Waals surface area contributed by atoms with Crippen molar-refractivity contribution in [2.75, 3.05) is 19.8 Å². The Morgan fingerprint density at radius 3 is 1.06 bits per heavy atom. The van der Waals surface area contributed by atoms with Gasteiger partial charge in [0, 0.05) is 44.3 Å². The van der Waals surface area contributed by atoms with Gasteiger partial charge in [-0.1, -0.05) is 178 Å². The molecule has 0 amide bonds. The number of carbonyl (C=O) groups is 3. The van der Waals surface area contributed by atoms with Gasteiger partial charge in [-0.15, -0.1) is 0 Å². The van der Waals surface area contributed by atoms with Gasteiger partial charge < -0.3 is 66.9 Å². The van der Waals surface area contributed by atoms with Crippen LogP contribution >= 0.6 is 9.90 Å². The first kappa shape index (κ1) is 115. The van der Waals surface area contributed by atoms with E-state index in [4.69, 9.17) is 5.11 Å². The number of aliphatic carboxylic acids is 1. The summed E-state index contributed by atoms with van der Waals surface area (Å²) in [6.07, 6.45) is 30.9. The summed E-state index contributed by atoms with van der Waals surface area (Å²) in [6, 6.07) is 0. The van der Waals surface area contributed by atoms with Gasteiger partial charge in [-0.3, -0.25) is 18.6 Å². The first-order valence-electron chi connectivity index (χ1n) is 52.3. The summed E-state index contributed by atoms with van der Waals surface area (Å²) >= 11 is 0. The molecule has 0 aliphatic heterocycles. The largest absolute Gasteiger partial charge is 1.00 e. The molecule has 47 atom stereocenters. The van der Waals surface area contributed by atoms with E-state index < -0.39 is 34.7 Å². The third-order valence-corrected chi connectivity index (χ3v) is 44.4. The van der Waals surface area contributed by atoms with Crippen LogP contribution in [0, 0.1) is 221 Å². The smallest absolute Gasteiger partial charge is 0.726 e. The van der Waals surface area contributed by atoms with Crippen LogP contribution in [0.25, 0.3) is 0 Å². The van der Waals surface area contributed by atoms with Gasteiger partial charge in [0.15, 0.2) is 0 Å². The van der Waals surface area contributed by atoms with E-state index in [1.165, 1.54) is 57.8 Å². The number of aliphatic hydroxyl groups is 10. The van der Waals surface area contributed by atoms with Gasteiger partial charge in [-0.05, 0) is 382 Å². The van der Waals surface area contributed by atoms with Crippen molar-refractivity contribution in [2.45, 2.75) is 419 Å². The maximum Gasteiger partial charge on any atom is 1.00 e. The molecule has 16 aliphatic rings. The molecule has 130 heavy (non-hydrogen) atoms. The van der Waals surface area contributed by atoms with Crippen molar-refractivity contribution in [3.63, 3.8) is 0 Å². The van der Waals surface area contributed by atoms with Gasteiger partial charge in [0.05, 0.1) is 55.4 Å². The van der Waals surface area contributed by atoms with E-state index in [-0.39, 0.29) is 237 Å². The molecule has 14 N–H and O–H groups in total. The molecule has 16 rings (SSSR count). The summed E-state index contributed by atoms with van der Waals surface area (Å²) in [6.45, 7) is 41.9. The van der Waals surface area contributed by atoms with Crippen LogP contribution < -0.4 is 35.7 Å². The van der Waals surface area contributed by atoms with Gasteiger partial charge in [0.2, 0.25) is 10.4 Å². The van der Waals surface area contributed by atoms with E-state index in [9.17, 15) is 78.4 Å². The number of carboxylic acids is 1. The fourth-order valence-corrected chi connectivity index (χ4v) is 38.9. The maximum atomic E-state index is 13.9. The number of hydrogen-bond donors (Lipinski definition) is 12. The number of Topliss-reactive ketones (excluding diaryl/α,β-unsaturated/α-hetero) is 2. The first-order valence-corrected chi connectivity index (χ1v) is 53.6.